The number of nitrogen functional groups attached to an aromatic ring is 1. The molecule has 1 saturated carbocycles. The molecule has 1 fully saturated rings. The highest BCUT2D eigenvalue weighted by molar-refractivity contribution is 6.09. The molecule has 1 aliphatic rings. The minimum atomic E-state index is -0.0903. The molecule has 0 aliphatic heterocycles. The SMILES string of the molecule is Cc1cnc(C(=O)NC2CCCC2)c2cccc(N)c12. The van der Waals surface area contributed by atoms with Gasteiger partial charge in [0.1, 0.15) is 5.69 Å². The standard InChI is InChI=1S/C16H19N3O/c1-10-9-18-15(12-7-4-8-13(17)14(10)12)16(20)19-11-5-2-3-6-11/h4,7-9,11H,2-3,5-6,17H2,1H3,(H,19,20). The van der Waals surface area contributed by atoms with Gasteiger partial charge in [-0.15, -0.1) is 0 Å². The fraction of sp³-hybridized carbons (Fsp3) is 0.375. The van der Waals surface area contributed by atoms with E-state index >= 15 is 0 Å². The van der Waals surface area contributed by atoms with E-state index in [9.17, 15) is 4.79 Å². The Balaban J connectivity index is 2.01. The van der Waals surface area contributed by atoms with Gasteiger partial charge in [-0.25, -0.2) is 0 Å². The first-order valence-electron chi connectivity index (χ1n) is 7.11. The van der Waals surface area contributed by atoms with E-state index in [2.05, 4.69) is 10.3 Å². The highest BCUT2D eigenvalue weighted by atomic mass is 16.1. The zero-order valence-electron chi connectivity index (χ0n) is 11.6. The number of anilines is 1. The van der Waals surface area contributed by atoms with Gasteiger partial charge in [-0.2, -0.15) is 0 Å². The second kappa shape index (κ2) is 5.12. The molecule has 3 N–H and O–H groups in total. The minimum Gasteiger partial charge on any atom is -0.398 e. The molecule has 0 spiro atoms. The highest BCUT2D eigenvalue weighted by Gasteiger charge is 2.20. The first-order valence-corrected chi connectivity index (χ1v) is 7.11. The van der Waals surface area contributed by atoms with Gasteiger partial charge in [0.2, 0.25) is 0 Å². The molecule has 104 valence electrons. The summed E-state index contributed by atoms with van der Waals surface area (Å²) in [5, 5.41) is 4.85. The Kier molecular flexibility index (Phi) is 3.30. The second-order valence-electron chi connectivity index (χ2n) is 5.51. The fourth-order valence-electron chi connectivity index (χ4n) is 3.01. The molecule has 4 nitrogen and oxygen atoms in total. The van der Waals surface area contributed by atoms with Crippen molar-refractivity contribution in [2.24, 2.45) is 0 Å². The molecular weight excluding hydrogens is 250 g/mol. The number of fused-ring (bicyclic) bond motifs is 1. The lowest BCUT2D eigenvalue weighted by molar-refractivity contribution is 0.0934. The second-order valence-corrected chi connectivity index (χ2v) is 5.51. The smallest absolute Gasteiger partial charge is 0.270 e. The van der Waals surface area contributed by atoms with Crippen LogP contribution in [0.2, 0.25) is 0 Å². The maximum Gasteiger partial charge on any atom is 0.270 e. The number of rotatable bonds is 2. The molecule has 0 radical (unpaired) electrons. The van der Waals surface area contributed by atoms with E-state index in [-0.39, 0.29) is 5.91 Å². The van der Waals surface area contributed by atoms with Gasteiger partial charge >= 0.3 is 0 Å². The number of carbonyl (C=O) groups excluding carboxylic acids is 1. The Morgan fingerprint density at radius 2 is 2.10 bits per heavy atom. The molecule has 1 aromatic heterocycles. The molecule has 3 rings (SSSR count). The van der Waals surface area contributed by atoms with Crippen molar-refractivity contribution in [1.82, 2.24) is 10.3 Å². The van der Waals surface area contributed by atoms with Crippen LogP contribution in [0.5, 0.6) is 0 Å². The van der Waals surface area contributed by atoms with Gasteiger partial charge in [0.05, 0.1) is 0 Å². The molecule has 0 atom stereocenters. The van der Waals surface area contributed by atoms with E-state index in [1.165, 1.54) is 12.8 Å². The van der Waals surface area contributed by atoms with E-state index in [1.54, 1.807) is 6.20 Å². The average molecular weight is 269 g/mol. The van der Waals surface area contributed by atoms with Crippen molar-refractivity contribution in [2.75, 3.05) is 5.73 Å². The Labute approximate surface area is 118 Å². The number of aryl methyl sites for hydroxylation is 1. The third-order valence-electron chi connectivity index (χ3n) is 4.04. The van der Waals surface area contributed by atoms with E-state index in [1.807, 2.05) is 25.1 Å². The van der Waals surface area contributed by atoms with Crippen molar-refractivity contribution in [1.29, 1.82) is 0 Å². The topological polar surface area (TPSA) is 68.0 Å². The molecule has 1 aromatic carbocycles. The van der Waals surface area contributed by atoms with Crippen LogP contribution in [0.25, 0.3) is 10.8 Å². The van der Waals surface area contributed by atoms with Gasteiger partial charge in [0, 0.05) is 28.7 Å². The summed E-state index contributed by atoms with van der Waals surface area (Å²) in [6.45, 7) is 1.96. The van der Waals surface area contributed by atoms with Crippen molar-refractivity contribution in [3.05, 3.63) is 35.7 Å². The van der Waals surface area contributed by atoms with E-state index < -0.39 is 0 Å². The van der Waals surface area contributed by atoms with Crippen molar-refractivity contribution in [3.63, 3.8) is 0 Å². The van der Waals surface area contributed by atoms with Crippen molar-refractivity contribution in [3.8, 4) is 0 Å². The largest absolute Gasteiger partial charge is 0.398 e. The lowest BCUT2D eigenvalue weighted by atomic mass is 10.0. The van der Waals surface area contributed by atoms with Gasteiger partial charge in [-0.3, -0.25) is 9.78 Å². The fourth-order valence-corrected chi connectivity index (χ4v) is 3.01. The van der Waals surface area contributed by atoms with Gasteiger partial charge in [0.25, 0.3) is 5.91 Å². The number of nitrogens with zero attached hydrogens (tertiary/aromatic N) is 1. The highest BCUT2D eigenvalue weighted by Crippen LogP contribution is 2.26. The third-order valence-corrected chi connectivity index (χ3v) is 4.04. The van der Waals surface area contributed by atoms with Gasteiger partial charge < -0.3 is 11.1 Å². The zero-order chi connectivity index (χ0) is 14.1. The Morgan fingerprint density at radius 1 is 1.35 bits per heavy atom. The molecule has 0 saturated heterocycles. The van der Waals surface area contributed by atoms with Crippen molar-refractivity contribution >= 4 is 22.4 Å². The van der Waals surface area contributed by atoms with Crippen LogP contribution in [0.1, 0.15) is 41.7 Å². The summed E-state index contributed by atoms with van der Waals surface area (Å²) in [6.07, 6.45) is 6.25. The van der Waals surface area contributed by atoms with Crippen LogP contribution in [0.4, 0.5) is 5.69 Å². The van der Waals surface area contributed by atoms with Crippen LogP contribution in [0, 0.1) is 6.92 Å². The van der Waals surface area contributed by atoms with E-state index in [0.717, 1.165) is 29.2 Å². The Hall–Kier alpha value is -2.10. The number of amides is 1. The summed E-state index contributed by atoms with van der Waals surface area (Å²) in [4.78, 5) is 16.7. The summed E-state index contributed by atoms with van der Waals surface area (Å²) in [7, 11) is 0. The number of carbonyl (C=O) groups is 1. The molecule has 1 aliphatic carbocycles. The van der Waals surface area contributed by atoms with E-state index in [0.29, 0.717) is 17.4 Å². The van der Waals surface area contributed by atoms with Crippen molar-refractivity contribution < 1.29 is 4.79 Å². The summed E-state index contributed by atoms with van der Waals surface area (Å²) in [5.74, 6) is -0.0903. The predicted octanol–water partition coefficient (Wildman–Crippen LogP) is 2.80. The van der Waals surface area contributed by atoms with Crippen LogP contribution < -0.4 is 11.1 Å². The average Bonchev–Trinajstić information content (AvgIpc) is 2.92. The van der Waals surface area contributed by atoms with Gasteiger partial charge in [-0.05, 0) is 31.4 Å². The number of nitrogens with one attached hydrogen (secondary N) is 1. The molecule has 2 aromatic rings. The maximum absolute atomic E-state index is 12.4. The molecule has 1 heterocycles. The van der Waals surface area contributed by atoms with Crippen LogP contribution in [0.15, 0.2) is 24.4 Å². The van der Waals surface area contributed by atoms with Crippen molar-refractivity contribution in [2.45, 2.75) is 38.6 Å². The number of hydrogen-bond acceptors (Lipinski definition) is 3. The lowest BCUT2D eigenvalue weighted by Gasteiger charge is -2.14. The van der Waals surface area contributed by atoms with Crippen LogP contribution in [-0.2, 0) is 0 Å². The first-order chi connectivity index (χ1) is 9.66. The first kappa shape index (κ1) is 12.9. The Morgan fingerprint density at radius 3 is 2.85 bits per heavy atom. The van der Waals surface area contributed by atoms with Crippen LogP contribution in [-0.4, -0.2) is 16.9 Å². The predicted molar refractivity (Wildman–Crippen MR) is 80.6 cm³/mol. The number of aromatic nitrogens is 1. The zero-order valence-corrected chi connectivity index (χ0v) is 11.6. The number of nitrogens with two attached hydrogens (primary N) is 1. The third kappa shape index (κ3) is 2.22. The van der Waals surface area contributed by atoms with E-state index in [4.69, 9.17) is 5.73 Å². The molecule has 1 amide bonds. The summed E-state index contributed by atoms with van der Waals surface area (Å²) < 4.78 is 0. The molecule has 0 unspecified atom stereocenters. The summed E-state index contributed by atoms with van der Waals surface area (Å²) >= 11 is 0. The molecule has 0 bridgehead atoms. The van der Waals surface area contributed by atoms with Crippen LogP contribution >= 0.6 is 0 Å². The lowest BCUT2D eigenvalue weighted by Crippen LogP contribution is -2.33. The normalized spacial score (nSPS) is 15.7. The molecule has 20 heavy (non-hydrogen) atoms. The number of benzene rings is 1. The molecular formula is C16H19N3O. The maximum atomic E-state index is 12.4. The number of pyridine rings is 1. The number of hydrogen-bond donors (Lipinski definition) is 2. The van der Waals surface area contributed by atoms with Gasteiger partial charge in [0.15, 0.2) is 0 Å². The molecule has 4 heteroatoms. The Bertz CT molecular complexity index is 652. The monoisotopic (exact) mass is 269 g/mol. The summed E-state index contributed by atoms with van der Waals surface area (Å²) in [5.41, 5.74) is 8.19. The van der Waals surface area contributed by atoms with Crippen LogP contribution in [0.3, 0.4) is 0 Å². The minimum absolute atomic E-state index is 0.0903. The summed E-state index contributed by atoms with van der Waals surface area (Å²) in [6, 6.07) is 5.93. The quantitative estimate of drug-likeness (QED) is 0.824. The van der Waals surface area contributed by atoms with Gasteiger partial charge in [-0.1, -0.05) is 25.0 Å².